The van der Waals surface area contributed by atoms with Crippen molar-refractivity contribution in [3.05, 3.63) is 58.8 Å². The molecule has 0 radical (unpaired) electrons. The summed E-state index contributed by atoms with van der Waals surface area (Å²) in [6, 6.07) is 10.3. The summed E-state index contributed by atoms with van der Waals surface area (Å²) in [6.45, 7) is -0.171. The van der Waals surface area contributed by atoms with Gasteiger partial charge in [-0.25, -0.2) is 0 Å². The molecule has 7 heteroatoms. The van der Waals surface area contributed by atoms with Crippen molar-refractivity contribution in [1.29, 1.82) is 0 Å². The summed E-state index contributed by atoms with van der Waals surface area (Å²) >= 11 is 0. The number of ether oxygens (including phenoxy) is 1. The van der Waals surface area contributed by atoms with Gasteiger partial charge in [0.25, 0.3) is 17.7 Å². The van der Waals surface area contributed by atoms with Crippen LogP contribution >= 0.6 is 0 Å². The molecule has 152 valence electrons. The molecule has 3 aromatic rings. The van der Waals surface area contributed by atoms with Crippen LogP contribution in [0.25, 0.3) is 11.0 Å². The number of amides is 3. The fourth-order valence-corrected chi connectivity index (χ4v) is 4.12. The van der Waals surface area contributed by atoms with Crippen molar-refractivity contribution < 1.29 is 23.5 Å². The van der Waals surface area contributed by atoms with E-state index in [-0.39, 0.29) is 29.9 Å². The molecular formula is C23H20N2O5. The zero-order chi connectivity index (χ0) is 20.8. The largest absolute Gasteiger partial charge is 0.484 e. The lowest BCUT2D eigenvalue weighted by molar-refractivity contribution is -0.118. The highest BCUT2D eigenvalue weighted by Crippen LogP contribution is 2.34. The smallest absolute Gasteiger partial charge is 0.262 e. The van der Waals surface area contributed by atoms with Crippen molar-refractivity contribution >= 4 is 34.4 Å². The number of benzene rings is 2. The van der Waals surface area contributed by atoms with E-state index in [1.54, 1.807) is 18.2 Å². The molecule has 7 nitrogen and oxygen atoms in total. The Morgan fingerprint density at radius 3 is 2.73 bits per heavy atom. The molecule has 2 aromatic carbocycles. The number of aryl methyl sites for hydroxylation is 2. The van der Waals surface area contributed by atoms with Crippen LogP contribution in [0.1, 0.15) is 44.9 Å². The predicted octanol–water partition coefficient (Wildman–Crippen LogP) is 3.55. The van der Waals surface area contributed by atoms with E-state index in [2.05, 4.69) is 5.32 Å². The molecule has 1 aliphatic carbocycles. The second-order valence-corrected chi connectivity index (χ2v) is 7.64. The van der Waals surface area contributed by atoms with Crippen LogP contribution in [0.3, 0.4) is 0 Å². The standard InChI is InChI=1S/C23H20N2O5/c1-25-22(27)16-8-6-13(10-18(16)23(25)28)24-21(26)12-29-14-7-9-20-17(11-14)15-4-2-3-5-19(15)30-20/h6-11H,2-5,12H2,1H3,(H,24,26). The highest BCUT2D eigenvalue weighted by atomic mass is 16.5. The van der Waals surface area contributed by atoms with Gasteiger partial charge in [-0.15, -0.1) is 0 Å². The highest BCUT2D eigenvalue weighted by Gasteiger charge is 2.32. The van der Waals surface area contributed by atoms with Crippen molar-refractivity contribution in [2.24, 2.45) is 0 Å². The van der Waals surface area contributed by atoms with Gasteiger partial charge in [-0.1, -0.05) is 0 Å². The van der Waals surface area contributed by atoms with Crippen LogP contribution in [0.2, 0.25) is 0 Å². The third kappa shape index (κ3) is 3.03. The van der Waals surface area contributed by atoms with E-state index in [4.69, 9.17) is 9.15 Å². The molecule has 2 heterocycles. The number of imide groups is 1. The summed E-state index contributed by atoms with van der Waals surface area (Å²) < 4.78 is 11.6. The Bertz CT molecular complexity index is 1210. The number of nitrogens with one attached hydrogen (secondary N) is 1. The van der Waals surface area contributed by atoms with Gasteiger partial charge in [0.05, 0.1) is 11.1 Å². The molecule has 1 N–H and O–H groups in total. The van der Waals surface area contributed by atoms with Crippen LogP contribution in [-0.2, 0) is 17.6 Å². The van der Waals surface area contributed by atoms with Crippen LogP contribution < -0.4 is 10.1 Å². The lowest BCUT2D eigenvalue weighted by atomic mass is 9.96. The normalized spacial score (nSPS) is 15.3. The summed E-state index contributed by atoms with van der Waals surface area (Å²) in [5.74, 6) is 0.589. The predicted molar refractivity (Wildman–Crippen MR) is 110 cm³/mol. The van der Waals surface area contributed by atoms with Crippen molar-refractivity contribution in [2.45, 2.75) is 25.7 Å². The van der Waals surface area contributed by atoms with E-state index in [1.165, 1.54) is 18.7 Å². The van der Waals surface area contributed by atoms with Gasteiger partial charge >= 0.3 is 0 Å². The van der Waals surface area contributed by atoms with E-state index in [1.807, 2.05) is 12.1 Å². The Kier molecular flexibility index (Phi) is 4.31. The maximum atomic E-state index is 12.3. The Labute approximate surface area is 172 Å². The number of carbonyl (C=O) groups excluding carboxylic acids is 3. The van der Waals surface area contributed by atoms with Gasteiger partial charge in [-0.3, -0.25) is 19.3 Å². The van der Waals surface area contributed by atoms with Gasteiger partial charge < -0.3 is 14.5 Å². The molecule has 0 saturated heterocycles. The van der Waals surface area contributed by atoms with Gasteiger partial charge in [0.2, 0.25) is 0 Å². The van der Waals surface area contributed by atoms with Crippen molar-refractivity contribution in [2.75, 3.05) is 19.0 Å². The number of furan rings is 1. The molecule has 0 bridgehead atoms. The molecule has 30 heavy (non-hydrogen) atoms. The summed E-state index contributed by atoms with van der Waals surface area (Å²) in [5, 5.41) is 3.76. The first kappa shape index (κ1) is 18.4. The van der Waals surface area contributed by atoms with Gasteiger partial charge in [0, 0.05) is 30.1 Å². The molecular weight excluding hydrogens is 384 g/mol. The molecule has 0 fully saturated rings. The second-order valence-electron chi connectivity index (χ2n) is 7.64. The molecule has 3 amide bonds. The minimum atomic E-state index is -0.376. The summed E-state index contributed by atoms with van der Waals surface area (Å²) in [6.07, 6.45) is 4.27. The van der Waals surface area contributed by atoms with Crippen molar-refractivity contribution in [1.82, 2.24) is 4.90 Å². The van der Waals surface area contributed by atoms with Crippen molar-refractivity contribution in [3.8, 4) is 5.75 Å². The third-order valence-electron chi connectivity index (χ3n) is 5.67. The number of rotatable bonds is 4. The van der Waals surface area contributed by atoms with Crippen LogP contribution in [0.4, 0.5) is 5.69 Å². The molecule has 0 unspecified atom stereocenters. The Balaban J connectivity index is 1.27. The van der Waals surface area contributed by atoms with E-state index in [9.17, 15) is 14.4 Å². The topological polar surface area (TPSA) is 88.8 Å². The lowest BCUT2D eigenvalue weighted by Crippen LogP contribution is -2.24. The minimum absolute atomic E-state index is 0.171. The zero-order valence-corrected chi connectivity index (χ0v) is 16.5. The maximum Gasteiger partial charge on any atom is 0.262 e. The average Bonchev–Trinajstić information content (AvgIpc) is 3.23. The summed E-state index contributed by atoms with van der Waals surface area (Å²) in [5.41, 5.74) is 3.16. The van der Waals surface area contributed by atoms with Crippen LogP contribution in [0.5, 0.6) is 5.75 Å². The molecule has 1 aliphatic heterocycles. The third-order valence-corrected chi connectivity index (χ3v) is 5.67. The Hall–Kier alpha value is -3.61. The van der Waals surface area contributed by atoms with Crippen LogP contribution in [0, 0.1) is 0 Å². The average molecular weight is 404 g/mol. The lowest BCUT2D eigenvalue weighted by Gasteiger charge is -2.10. The SMILES string of the molecule is CN1C(=O)c2ccc(NC(=O)COc3ccc4oc5c(c4c3)CCCC5)cc2C1=O. The monoisotopic (exact) mass is 404 g/mol. The number of hydrogen-bond acceptors (Lipinski definition) is 5. The fourth-order valence-electron chi connectivity index (χ4n) is 4.12. The quantitative estimate of drug-likeness (QED) is 0.672. The van der Waals surface area contributed by atoms with E-state index in [0.717, 1.165) is 47.3 Å². The molecule has 5 rings (SSSR count). The highest BCUT2D eigenvalue weighted by molar-refractivity contribution is 6.21. The summed E-state index contributed by atoms with van der Waals surface area (Å²) in [7, 11) is 1.44. The van der Waals surface area contributed by atoms with E-state index >= 15 is 0 Å². The molecule has 0 atom stereocenters. The molecule has 2 aliphatic rings. The van der Waals surface area contributed by atoms with Gasteiger partial charge in [0.1, 0.15) is 17.1 Å². The maximum absolute atomic E-state index is 12.3. The first-order valence-electron chi connectivity index (χ1n) is 9.94. The second kappa shape index (κ2) is 7.02. The van der Waals surface area contributed by atoms with Gasteiger partial charge in [0.15, 0.2) is 6.61 Å². The molecule has 0 saturated carbocycles. The number of carbonyl (C=O) groups is 3. The summed E-state index contributed by atoms with van der Waals surface area (Å²) in [4.78, 5) is 37.4. The van der Waals surface area contributed by atoms with Gasteiger partial charge in [-0.2, -0.15) is 0 Å². The van der Waals surface area contributed by atoms with Gasteiger partial charge in [-0.05, 0) is 55.7 Å². The fraction of sp³-hybridized carbons (Fsp3) is 0.261. The van der Waals surface area contributed by atoms with E-state index < -0.39 is 0 Å². The number of nitrogens with zero attached hydrogens (tertiary/aromatic N) is 1. The Morgan fingerprint density at radius 2 is 1.87 bits per heavy atom. The first-order chi connectivity index (χ1) is 14.5. The molecule has 1 aromatic heterocycles. The number of anilines is 1. The van der Waals surface area contributed by atoms with Crippen LogP contribution in [-0.4, -0.2) is 36.3 Å². The van der Waals surface area contributed by atoms with Crippen molar-refractivity contribution in [3.63, 3.8) is 0 Å². The van der Waals surface area contributed by atoms with Crippen LogP contribution in [0.15, 0.2) is 40.8 Å². The minimum Gasteiger partial charge on any atom is -0.484 e. The Morgan fingerprint density at radius 1 is 1.07 bits per heavy atom. The van der Waals surface area contributed by atoms with E-state index in [0.29, 0.717) is 17.0 Å². The zero-order valence-electron chi connectivity index (χ0n) is 16.5. The number of hydrogen-bond donors (Lipinski definition) is 1. The molecule has 0 spiro atoms. The first-order valence-corrected chi connectivity index (χ1v) is 9.94. The number of fused-ring (bicyclic) bond motifs is 4.